The minimum atomic E-state index is -0.269. The highest BCUT2D eigenvalue weighted by Crippen LogP contribution is 2.63. The molecule has 5 fully saturated rings. The number of hydrogen-bond acceptors (Lipinski definition) is 4. The van der Waals surface area contributed by atoms with Gasteiger partial charge in [0.05, 0.1) is 17.6 Å². The van der Waals surface area contributed by atoms with Gasteiger partial charge < -0.3 is 14.2 Å². The summed E-state index contributed by atoms with van der Waals surface area (Å²) >= 11 is 0. The predicted molar refractivity (Wildman–Crippen MR) is 81.2 cm³/mol. The third-order valence-electron chi connectivity index (χ3n) is 6.24. The lowest BCUT2D eigenvalue weighted by atomic mass is 9.48. The summed E-state index contributed by atoms with van der Waals surface area (Å²) in [6, 6.07) is 0. The van der Waals surface area contributed by atoms with Crippen molar-refractivity contribution in [1.29, 1.82) is 0 Å². The molecular weight excluding hydrogens is 280 g/mol. The Labute approximate surface area is 132 Å². The molecule has 0 radical (unpaired) electrons. The summed E-state index contributed by atoms with van der Waals surface area (Å²) in [5.41, 5.74) is -0.395. The van der Waals surface area contributed by atoms with Crippen LogP contribution in [0.1, 0.15) is 64.7 Å². The van der Waals surface area contributed by atoms with Gasteiger partial charge in [-0.3, -0.25) is 4.79 Å². The fourth-order valence-electron chi connectivity index (χ4n) is 5.92. The maximum Gasteiger partial charge on any atom is 0.312 e. The third-order valence-corrected chi connectivity index (χ3v) is 6.24. The first-order chi connectivity index (χ1) is 10.6. The number of ether oxygens (including phenoxy) is 3. The molecule has 5 aliphatic rings. The Kier molecular flexibility index (Phi) is 3.73. The molecule has 0 spiro atoms. The molecule has 0 aromatic carbocycles. The van der Waals surface area contributed by atoms with E-state index in [-0.39, 0.29) is 23.3 Å². The van der Waals surface area contributed by atoms with Gasteiger partial charge in [0.1, 0.15) is 0 Å². The largest absolute Gasteiger partial charge is 0.466 e. The normalized spacial score (nSPS) is 46.7. The zero-order chi connectivity index (χ0) is 15.2. The maximum absolute atomic E-state index is 12.6. The molecule has 0 amide bonds. The molecule has 5 rings (SSSR count). The van der Waals surface area contributed by atoms with Gasteiger partial charge in [-0.2, -0.15) is 0 Å². The van der Waals surface area contributed by atoms with Crippen LogP contribution in [0.15, 0.2) is 0 Å². The summed E-state index contributed by atoms with van der Waals surface area (Å²) in [4.78, 5) is 12.6. The molecule has 22 heavy (non-hydrogen) atoms. The van der Waals surface area contributed by atoms with Crippen LogP contribution in [-0.2, 0) is 19.0 Å². The van der Waals surface area contributed by atoms with Crippen molar-refractivity contribution in [3.05, 3.63) is 0 Å². The maximum atomic E-state index is 12.6. The minimum absolute atomic E-state index is 0.0293. The number of esters is 1. The minimum Gasteiger partial charge on any atom is -0.466 e. The summed E-state index contributed by atoms with van der Waals surface area (Å²) in [6.07, 6.45) is 9.67. The fraction of sp³-hybridized carbons (Fsp3) is 0.944. The molecule has 124 valence electrons. The van der Waals surface area contributed by atoms with Crippen molar-refractivity contribution in [2.45, 2.75) is 76.6 Å². The van der Waals surface area contributed by atoms with E-state index in [1.165, 1.54) is 12.8 Å². The molecule has 1 heterocycles. The summed E-state index contributed by atoms with van der Waals surface area (Å²) in [5, 5.41) is 0. The van der Waals surface area contributed by atoms with Crippen molar-refractivity contribution in [3.63, 3.8) is 0 Å². The van der Waals surface area contributed by atoms with E-state index < -0.39 is 0 Å². The van der Waals surface area contributed by atoms with Crippen LogP contribution >= 0.6 is 0 Å². The van der Waals surface area contributed by atoms with Gasteiger partial charge in [0, 0.05) is 6.61 Å². The highest BCUT2D eigenvalue weighted by atomic mass is 16.7. The third kappa shape index (κ3) is 2.48. The van der Waals surface area contributed by atoms with E-state index in [4.69, 9.17) is 14.2 Å². The van der Waals surface area contributed by atoms with Crippen molar-refractivity contribution < 1.29 is 19.0 Å². The van der Waals surface area contributed by atoms with Gasteiger partial charge in [-0.1, -0.05) is 0 Å². The molecule has 0 aromatic heterocycles. The highest BCUT2D eigenvalue weighted by Gasteiger charge is 2.62. The molecule has 0 aromatic rings. The Morgan fingerprint density at radius 3 is 2.59 bits per heavy atom. The van der Waals surface area contributed by atoms with E-state index in [1.807, 2.05) is 6.92 Å². The van der Waals surface area contributed by atoms with E-state index in [2.05, 4.69) is 0 Å². The molecule has 4 saturated carbocycles. The summed E-state index contributed by atoms with van der Waals surface area (Å²) in [5.74, 6) is 1.30. The lowest BCUT2D eigenvalue weighted by Gasteiger charge is -2.60. The van der Waals surface area contributed by atoms with Crippen LogP contribution in [0, 0.1) is 17.3 Å². The Morgan fingerprint density at radius 1 is 1.18 bits per heavy atom. The molecule has 4 nitrogen and oxygen atoms in total. The molecule has 4 heteroatoms. The number of carbonyl (C=O) groups excluding carboxylic acids is 1. The molecule has 3 unspecified atom stereocenters. The topological polar surface area (TPSA) is 44.8 Å². The van der Waals surface area contributed by atoms with Gasteiger partial charge in [0.15, 0.2) is 6.29 Å². The Balaban J connectivity index is 1.54. The van der Waals surface area contributed by atoms with Gasteiger partial charge in [0.2, 0.25) is 0 Å². The van der Waals surface area contributed by atoms with Crippen molar-refractivity contribution >= 4 is 5.97 Å². The molecule has 4 aliphatic carbocycles. The lowest BCUT2D eigenvalue weighted by molar-refractivity contribution is -0.277. The Morgan fingerprint density at radius 2 is 1.95 bits per heavy atom. The summed E-state index contributed by atoms with van der Waals surface area (Å²) < 4.78 is 17.8. The van der Waals surface area contributed by atoms with Gasteiger partial charge in [0.25, 0.3) is 0 Å². The molecule has 1 saturated heterocycles. The van der Waals surface area contributed by atoms with E-state index in [0.29, 0.717) is 18.4 Å². The number of carbonyl (C=O) groups is 1. The monoisotopic (exact) mass is 308 g/mol. The van der Waals surface area contributed by atoms with Gasteiger partial charge in [-0.05, 0) is 76.5 Å². The van der Waals surface area contributed by atoms with E-state index in [0.717, 1.165) is 51.6 Å². The highest BCUT2D eigenvalue weighted by molar-refractivity contribution is 5.77. The second-order valence-electron chi connectivity index (χ2n) is 8.06. The average molecular weight is 308 g/mol. The smallest absolute Gasteiger partial charge is 0.312 e. The van der Waals surface area contributed by atoms with E-state index in [9.17, 15) is 4.79 Å². The van der Waals surface area contributed by atoms with Crippen LogP contribution in [0.5, 0.6) is 0 Å². The first-order valence-electron chi connectivity index (χ1n) is 9.10. The van der Waals surface area contributed by atoms with Gasteiger partial charge >= 0.3 is 5.97 Å². The standard InChI is InChI=1S/C18H28O4/c1-2-20-16(19)17-8-13-7-14(9-17)11-18(10-13,12-17)22-15-5-3-4-6-21-15/h13-15H,2-12H2,1H3. The van der Waals surface area contributed by atoms with Crippen LogP contribution in [0.2, 0.25) is 0 Å². The zero-order valence-corrected chi connectivity index (χ0v) is 13.6. The molecule has 3 atom stereocenters. The van der Waals surface area contributed by atoms with Gasteiger partial charge in [-0.15, -0.1) is 0 Å². The first kappa shape index (κ1) is 14.9. The van der Waals surface area contributed by atoms with Crippen LogP contribution in [0.4, 0.5) is 0 Å². The molecule has 0 N–H and O–H groups in total. The SMILES string of the molecule is CCOC(=O)C12CC3CC(CC(OC4CCCCO4)(C3)C1)C2. The van der Waals surface area contributed by atoms with Crippen molar-refractivity contribution in [2.75, 3.05) is 13.2 Å². The van der Waals surface area contributed by atoms with Crippen molar-refractivity contribution in [3.8, 4) is 0 Å². The van der Waals surface area contributed by atoms with E-state index in [1.54, 1.807) is 0 Å². The van der Waals surface area contributed by atoms with Crippen LogP contribution in [0.3, 0.4) is 0 Å². The van der Waals surface area contributed by atoms with Crippen molar-refractivity contribution in [2.24, 2.45) is 17.3 Å². The van der Waals surface area contributed by atoms with Crippen molar-refractivity contribution in [1.82, 2.24) is 0 Å². The van der Waals surface area contributed by atoms with Crippen LogP contribution in [0.25, 0.3) is 0 Å². The second kappa shape index (κ2) is 5.48. The summed E-state index contributed by atoms with van der Waals surface area (Å²) in [6.45, 7) is 3.20. The number of rotatable bonds is 4. The van der Waals surface area contributed by atoms with Gasteiger partial charge in [-0.25, -0.2) is 0 Å². The molecular formula is C18H28O4. The molecule has 4 bridgehead atoms. The Hall–Kier alpha value is -0.610. The fourth-order valence-corrected chi connectivity index (χ4v) is 5.92. The Bertz CT molecular complexity index is 426. The predicted octanol–water partition coefficient (Wildman–Crippen LogP) is 3.43. The summed E-state index contributed by atoms with van der Waals surface area (Å²) in [7, 11) is 0. The molecule has 1 aliphatic heterocycles. The van der Waals surface area contributed by atoms with Crippen LogP contribution in [-0.4, -0.2) is 31.1 Å². The zero-order valence-electron chi connectivity index (χ0n) is 13.6. The average Bonchev–Trinajstić information content (AvgIpc) is 2.46. The first-order valence-corrected chi connectivity index (χ1v) is 9.10. The number of hydrogen-bond donors (Lipinski definition) is 0. The second-order valence-corrected chi connectivity index (χ2v) is 8.06. The lowest BCUT2D eigenvalue weighted by Crippen LogP contribution is -2.60. The quantitative estimate of drug-likeness (QED) is 0.746. The van der Waals surface area contributed by atoms with E-state index >= 15 is 0 Å². The van der Waals surface area contributed by atoms with Crippen LogP contribution < -0.4 is 0 Å².